The van der Waals surface area contributed by atoms with Crippen molar-refractivity contribution < 1.29 is 5.11 Å². The number of hydrogen-bond donors (Lipinski definition) is 1. The Kier molecular flexibility index (Phi) is 4.79. The van der Waals surface area contributed by atoms with Crippen LogP contribution in [-0.2, 0) is 0 Å². The predicted octanol–water partition coefficient (Wildman–Crippen LogP) is 2.98. The summed E-state index contributed by atoms with van der Waals surface area (Å²) in [6.45, 7) is 4.73. The molecule has 2 heteroatoms. The van der Waals surface area contributed by atoms with Crippen molar-refractivity contribution in [1.82, 2.24) is 4.90 Å². The maximum atomic E-state index is 9.17. The lowest BCUT2D eigenvalue weighted by Gasteiger charge is -2.16. The fourth-order valence-electron chi connectivity index (χ4n) is 2.78. The molecule has 1 aliphatic rings. The predicted molar refractivity (Wildman–Crippen MR) is 76.0 cm³/mol. The van der Waals surface area contributed by atoms with Gasteiger partial charge >= 0.3 is 0 Å². The Labute approximate surface area is 111 Å². The molecule has 2 unspecified atom stereocenters. The van der Waals surface area contributed by atoms with Gasteiger partial charge in [0.15, 0.2) is 0 Å². The molecule has 1 aromatic carbocycles. The van der Waals surface area contributed by atoms with E-state index >= 15 is 0 Å². The van der Waals surface area contributed by atoms with Crippen LogP contribution in [0.1, 0.15) is 49.1 Å². The van der Waals surface area contributed by atoms with Gasteiger partial charge in [-0.15, -0.1) is 0 Å². The third kappa shape index (κ3) is 3.33. The highest BCUT2D eigenvalue weighted by atomic mass is 16.3. The van der Waals surface area contributed by atoms with Crippen molar-refractivity contribution in [2.45, 2.75) is 38.0 Å². The van der Waals surface area contributed by atoms with E-state index in [4.69, 9.17) is 5.11 Å². The van der Waals surface area contributed by atoms with Gasteiger partial charge in [0, 0.05) is 12.5 Å². The van der Waals surface area contributed by atoms with Crippen LogP contribution in [0.5, 0.6) is 0 Å². The molecule has 2 atom stereocenters. The van der Waals surface area contributed by atoms with Gasteiger partial charge < -0.3 is 10.0 Å². The van der Waals surface area contributed by atoms with E-state index in [1.54, 1.807) is 0 Å². The first-order valence-electron chi connectivity index (χ1n) is 7.10. The third-order valence-corrected chi connectivity index (χ3v) is 4.20. The van der Waals surface area contributed by atoms with Crippen LogP contribution in [0.15, 0.2) is 24.3 Å². The Morgan fingerprint density at radius 1 is 1.22 bits per heavy atom. The lowest BCUT2D eigenvalue weighted by molar-refractivity contribution is 0.273. The molecular formula is C16H25NO. The second kappa shape index (κ2) is 6.35. The number of nitrogens with zero attached hydrogens (tertiary/aromatic N) is 1. The van der Waals surface area contributed by atoms with Crippen LogP contribution in [0.3, 0.4) is 0 Å². The number of aliphatic hydroxyl groups is 1. The summed E-state index contributed by atoms with van der Waals surface area (Å²) in [6.07, 6.45) is 3.88. The molecule has 0 aliphatic carbocycles. The van der Waals surface area contributed by atoms with Crippen molar-refractivity contribution in [3.8, 4) is 0 Å². The molecule has 1 N–H and O–H groups in total. The van der Waals surface area contributed by atoms with Crippen LogP contribution in [-0.4, -0.2) is 36.8 Å². The smallest absolute Gasteiger partial charge is 0.0497 e. The summed E-state index contributed by atoms with van der Waals surface area (Å²) in [4.78, 5) is 2.43. The van der Waals surface area contributed by atoms with Gasteiger partial charge in [0.1, 0.15) is 0 Å². The van der Waals surface area contributed by atoms with Crippen LogP contribution in [0.25, 0.3) is 0 Å². The molecule has 1 fully saturated rings. The normalized spacial score (nSPS) is 23.6. The summed E-state index contributed by atoms with van der Waals surface area (Å²) in [5.41, 5.74) is 2.71. The monoisotopic (exact) mass is 247 g/mol. The van der Waals surface area contributed by atoms with Gasteiger partial charge in [-0.2, -0.15) is 0 Å². The van der Waals surface area contributed by atoms with Gasteiger partial charge in [-0.1, -0.05) is 31.2 Å². The van der Waals surface area contributed by atoms with E-state index in [1.807, 2.05) is 0 Å². The molecule has 2 nitrogen and oxygen atoms in total. The largest absolute Gasteiger partial charge is 0.396 e. The molecule has 100 valence electrons. The average molecular weight is 247 g/mol. The quantitative estimate of drug-likeness (QED) is 0.887. The average Bonchev–Trinajstić information content (AvgIpc) is 2.63. The second-order valence-corrected chi connectivity index (χ2v) is 5.68. The molecule has 0 radical (unpaired) electrons. The van der Waals surface area contributed by atoms with Gasteiger partial charge in [-0.3, -0.25) is 0 Å². The summed E-state index contributed by atoms with van der Waals surface area (Å²) < 4.78 is 0. The summed E-state index contributed by atoms with van der Waals surface area (Å²) in [7, 11) is 2.22. The maximum absolute atomic E-state index is 9.17. The van der Waals surface area contributed by atoms with Crippen LogP contribution >= 0.6 is 0 Å². The molecule has 2 rings (SSSR count). The van der Waals surface area contributed by atoms with Crippen molar-refractivity contribution in [2.24, 2.45) is 0 Å². The van der Waals surface area contributed by atoms with E-state index in [0.717, 1.165) is 0 Å². The topological polar surface area (TPSA) is 23.5 Å². The Morgan fingerprint density at radius 3 is 2.61 bits per heavy atom. The number of hydrogen-bond acceptors (Lipinski definition) is 2. The molecule has 0 amide bonds. The highest BCUT2D eigenvalue weighted by molar-refractivity contribution is 5.27. The van der Waals surface area contributed by atoms with Crippen molar-refractivity contribution in [3.05, 3.63) is 35.4 Å². The second-order valence-electron chi connectivity index (χ2n) is 5.68. The molecule has 0 spiro atoms. The molecule has 1 saturated heterocycles. The fraction of sp³-hybridized carbons (Fsp3) is 0.625. The first kappa shape index (κ1) is 13.6. The molecular weight excluding hydrogens is 222 g/mol. The molecule has 0 aromatic heterocycles. The van der Waals surface area contributed by atoms with Gasteiger partial charge in [0.05, 0.1) is 0 Å². The zero-order chi connectivity index (χ0) is 13.0. The Morgan fingerprint density at radius 2 is 1.94 bits per heavy atom. The standard InChI is InChI=1S/C16H25NO/c1-13(12-18)14-5-7-16(8-6-14)15-4-3-10-17(2)11-9-15/h5-8,13,15,18H,3-4,9-12H2,1-2H3. The molecule has 0 saturated carbocycles. The number of likely N-dealkylation sites (tertiary alicyclic amines) is 1. The van der Waals surface area contributed by atoms with E-state index < -0.39 is 0 Å². The van der Waals surface area contributed by atoms with Crippen LogP contribution < -0.4 is 0 Å². The molecule has 0 bridgehead atoms. The summed E-state index contributed by atoms with van der Waals surface area (Å²) in [5, 5.41) is 9.17. The molecule has 18 heavy (non-hydrogen) atoms. The van der Waals surface area contributed by atoms with Crippen LogP contribution in [0, 0.1) is 0 Å². The lowest BCUT2D eigenvalue weighted by Crippen LogP contribution is -2.18. The Balaban J connectivity index is 2.04. The Bertz CT molecular complexity index is 360. The van der Waals surface area contributed by atoms with Crippen molar-refractivity contribution in [2.75, 3.05) is 26.7 Å². The minimum absolute atomic E-state index is 0.230. The fourth-order valence-corrected chi connectivity index (χ4v) is 2.78. The summed E-state index contributed by atoms with van der Waals surface area (Å²) in [6, 6.07) is 8.89. The van der Waals surface area contributed by atoms with Gasteiger partial charge in [0.2, 0.25) is 0 Å². The third-order valence-electron chi connectivity index (χ3n) is 4.20. The van der Waals surface area contributed by atoms with E-state index in [-0.39, 0.29) is 12.5 Å². The van der Waals surface area contributed by atoms with E-state index in [9.17, 15) is 0 Å². The lowest BCUT2D eigenvalue weighted by atomic mass is 9.90. The first-order valence-corrected chi connectivity index (χ1v) is 7.10. The minimum Gasteiger partial charge on any atom is -0.396 e. The summed E-state index contributed by atoms with van der Waals surface area (Å²) >= 11 is 0. The zero-order valence-corrected chi connectivity index (χ0v) is 11.6. The van der Waals surface area contributed by atoms with Gasteiger partial charge in [0.25, 0.3) is 0 Å². The highest BCUT2D eigenvalue weighted by Crippen LogP contribution is 2.28. The van der Waals surface area contributed by atoms with Crippen molar-refractivity contribution >= 4 is 0 Å². The Hall–Kier alpha value is -0.860. The van der Waals surface area contributed by atoms with Crippen molar-refractivity contribution in [3.63, 3.8) is 0 Å². The number of rotatable bonds is 3. The van der Waals surface area contributed by atoms with E-state index in [2.05, 4.69) is 43.1 Å². The van der Waals surface area contributed by atoms with E-state index in [1.165, 1.54) is 43.5 Å². The van der Waals surface area contributed by atoms with Gasteiger partial charge in [-0.25, -0.2) is 0 Å². The highest BCUT2D eigenvalue weighted by Gasteiger charge is 2.16. The zero-order valence-electron chi connectivity index (χ0n) is 11.6. The molecule has 1 aliphatic heterocycles. The van der Waals surface area contributed by atoms with Crippen LogP contribution in [0.4, 0.5) is 0 Å². The minimum atomic E-state index is 0.230. The van der Waals surface area contributed by atoms with E-state index in [0.29, 0.717) is 5.92 Å². The number of benzene rings is 1. The van der Waals surface area contributed by atoms with Gasteiger partial charge in [-0.05, 0) is 56.4 Å². The molecule has 1 aromatic rings. The number of aliphatic hydroxyl groups excluding tert-OH is 1. The first-order chi connectivity index (χ1) is 8.70. The summed E-state index contributed by atoms with van der Waals surface area (Å²) in [5.74, 6) is 0.966. The maximum Gasteiger partial charge on any atom is 0.0497 e. The van der Waals surface area contributed by atoms with Crippen molar-refractivity contribution in [1.29, 1.82) is 0 Å². The molecule has 1 heterocycles. The SMILES string of the molecule is CC(CO)c1ccc(C2CCCN(C)CC2)cc1. The van der Waals surface area contributed by atoms with Crippen LogP contribution in [0.2, 0.25) is 0 Å².